The highest BCUT2D eigenvalue weighted by molar-refractivity contribution is 6.11. The van der Waals surface area contributed by atoms with Crippen molar-refractivity contribution in [1.29, 1.82) is 0 Å². The number of carbonyl (C=O) groups is 1. The zero-order valence-corrected chi connectivity index (χ0v) is 10.6. The van der Waals surface area contributed by atoms with E-state index in [4.69, 9.17) is 0 Å². The molecule has 0 aliphatic carbocycles. The molecule has 2 aromatic carbocycles. The summed E-state index contributed by atoms with van der Waals surface area (Å²) in [6, 6.07) is 12.5. The van der Waals surface area contributed by atoms with Gasteiger partial charge in [-0.15, -0.1) is 0 Å². The lowest BCUT2D eigenvalue weighted by Crippen LogP contribution is -1.97. The Labute approximate surface area is 106 Å². The van der Waals surface area contributed by atoms with E-state index in [9.17, 15) is 4.79 Å². The molecule has 0 radical (unpaired) electrons. The van der Waals surface area contributed by atoms with Crippen LogP contribution in [0.4, 0.5) is 0 Å². The maximum absolute atomic E-state index is 11.3. The number of hydrogen-bond acceptors (Lipinski definition) is 1. The number of fused-ring (bicyclic) bond motifs is 3. The Morgan fingerprint density at radius 3 is 2.61 bits per heavy atom. The number of aryl methyl sites for hydroxylation is 1. The van der Waals surface area contributed by atoms with Gasteiger partial charge in [-0.3, -0.25) is 4.79 Å². The molecule has 2 nitrogen and oxygen atoms in total. The van der Waals surface area contributed by atoms with Gasteiger partial charge in [-0.05, 0) is 19.2 Å². The second kappa shape index (κ2) is 3.98. The minimum atomic E-state index is 0.817. The van der Waals surface area contributed by atoms with Crippen molar-refractivity contribution in [2.45, 2.75) is 20.4 Å². The van der Waals surface area contributed by atoms with Crippen LogP contribution in [0.2, 0.25) is 0 Å². The number of carbonyl (C=O) groups excluding carboxylic acids is 1. The lowest BCUT2D eigenvalue weighted by molar-refractivity contribution is 0.112. The van der Waals surface area contributed by atoms with Gasteiger partial charge in [0.1, 0.15) is 0 Å². The SMILES string of the molecule is CCn1c(C)c(C=O)c2ccc3ccccc3c21. The number of nitrogens with zero attached hydrogens (tertiary/aromatic N) is 1. The van der Waals surface area contributed by atoms with Gasteiger partial charge in [-0.25, -0.2) is 0 Å². The van der Waals surface area contributed by atoms with Crippen molar-refractivity contribution in [3.63, 3.8) is 0 Å². The van der Waals surface area contributed by atoms with Gasteiger partial charge in [0.15, 0.2) is 6.29 Å². The predicted octanol–water partition coefficient (Wildman–Crippen LogP) is 3.94. The Morgan fingerprint density at radius 1 is 1.11 bits per heavy atom. The van der Waals surface area contributed by atoms with Crippen molar-refractivity contribution < 1.29 is 4.79 Å². The largest absolute Gasteiger partial charge is 0.344 e. The highest BCUT2D eigenvalue weighted by Crippen LogP contribution is 2.31. The predicted molar refractivity (Wildman–Crippen MR) is 75.2 cm³/mol. The van der Waals surface area contributed by atoms with Crippen LogP contribution in [-0.2, 0) is 6.54 Å². The summed E-state index contributed by atoms with van der Waals surface area (Å²) in [5.41, 5.74) is 3.05. The topological polar surface area (TPSA) is 22.0 Å². The molecule has 0 spiro atoms. The van der Waals surface area contributed by atoms with Crippen LogP contribution in [0, 0.1) is 6.92 Å². The first kappa shape index (κ1) is 11.0. The summed E-state index contributed by atoms with van der Waals surface area (Å²) < 4.78 is 2.22. The minimum Gasteiger partial charge on any atom is -0.344 e. The fourth-order valence-electron chi connectivity index (χ4n) is 2.82. The van der Waals surface area contributed by atoms with Crippen LogP contribution >= 0.6 is 0 Å². The van der Waals surface area contributed by atoms with Gasteiger partial charge in [0.25, 0.3) is 0 Å². The molecule has 2 heteroatoms. The van der Waals surface area contributed by atoms with Crippen LogP contribution in [0.25, 0.3) is 21.7 Å². The minimum absolute atomic E-state index is 0.817. The number of aromatic nitrogens is 1. The van der Waals surface area contributed by atoms with Gasteiger partial charge < -0.3 is 4.57 Å². The molecule has 1 aromatic heterocycles. The standard InChI is InChI=1S/C16H15NO/c1-3-17-11(2)15(10-18)14-9-8-12-6-4-5-7-13(12)16(14)17/h4-10H,3H2,1-2H3. The van der Waals surface area contributed by atoms with Crippen LogP contribution in [0.3, 0.4) is 0 Å². The van der Waals surface area contributed by atoms with E-state index < -0.39 is 0 Å². The number of rotatable bonds is 2. The molecule has 0 aliphatic rings. The lowest BCUT2D eigenvalue weighted by Gasteiger charge is -2.06. The summed E-state index contributed by atoms with van der Waals surface area (Å²) in [6.07, 6.45) is 0.971. The summed E-state index contributed by atoms with van der Waals surface area (Å²) in [5.74, 6) is 0. The van der Waals surface area contributed by atoms with Gasteiger partial charge in [0, 0.05) is 28.6 Å². The van der Waals surface area contributed by atoms with E-state index in [-0.39, 0.29) is 0 Å². The van der Waals surface area contributed by atoms with E-state index in [1.807, 2.05) is 19.1 Å². The van der Waals surface area contributed by atoms with E-state index in [1.165, 1.54) is 16.3 Å². The Hall–Kier alpha value is -2.09. The molecule has 3 aromatic rings. The van der Waals surface area contributed by atoms with Crippen molar-refractivity contribution in [1.82, 2.24) is 4.57 Å². The molecule has 0 N–H and O–H groups in total. The Balaban J connectivity index is 2.61. The first-order valence-electron chi connectivity index (χ1n) is 6.23. The Kier molecular flexibility index (Phi) is 2.44. The molecule has 18 heavy (non-hydrogen) atoms. The number of benzene rings is 2. The molecule has 0 bridgehead atoms. The summed E-state index contributed by atoms with van der Waals surface area (Å²) in [6.45, 7) is 5.01. The monoisotopic (exact) mass is 237 g/mol. The van der Waals surface area contributed by atoms with Gasteiger partial charge in [0.2, 0.25) is 0 Å². The number of aldehydes is 1. The van der Waals surface area contributed by atoms with Crippen LogP contribution in [0.5, 0.6) is 0 Å². The third kappa shape index (κ3) is 1.32. The van der Waals surface area contributed by atoms with E-state index in [2.05, 4.69) is 35.8 Å². The lowest BCUT2D eigenvalue weighted by atomic mass is 10.1. The molecule has 0 atom stereocenters. The van der Waals surface area contributed by atoms with E-state index in [0.717, 1.165) is 29.5 Å². The quantitative estimate of drug-likeness (QED) is 0.619. The van der Waals surface area contributed by atoms with Crippen LogP contribution in [0.1, 0.15) is 23.0 Å². The maximum atomic E-state index is 11.3. The molecule has 0 unspecified atom stereocenters. The molecule has 0 fully saturated rings. The third-order valence-corrected chi connectivity index (χ3v) is 3.69. The fraction of sp³-hybridized carbons (Fsp3) is 0.188. The summed E-state index contributed by atoms with van der Waals surface area (Å²) >= 11 is 0. The van der Waals surface area contributed by atoms with Crippen LogP contribution in [-0.4, -0.2) is 10.9 Å². The second-order valence-corrected chi connectivity index (χ2v) is 4.54. The van der Waals surface area contributed by atoms with Gasteiger partial charge in [-0.1, -0.05) is 36.4 Å². The third-order valence-electron chi connectivity index (χ3n) is 3.69. The van der Waals surface area contributed by atoms with E-state index in [0.29, 0.717) is 0 Å². The van der Waals surface area contributed by atoms with Crippen LogP contribution in [0.15, 0.2) is 36.4 Å². The molecule has 0 saturated carbocycles. The molecule has 0 saturated heterocycles. The molecule has 90 valence electrons. The van der Waals surface area contributed by atoms with Crippen LogP contribution < -0.4 is 0 Å². The first-order valence-corrected chi connectivity index (χ1v) is 6.23. The van der Waals surface area contributed by atoms with Crippen molar-refractivity contribution in [2.24, 2.45) is 0 Å². The summed E-state index contributed by atoms with van der Waals surface area (Å²) in [5, 5.41) is 3.49. The Bertz CT molecular complexity index is 752. The summed E-state index contributed by atoms with van der Waals surface area (Å²) in [4.78, 5) is 11.3. The smallest absolute Gasteiger partial charge is 0.152 e. The molecule has 0 amide bonds. The van der Waals surface area contributed by atoms with Crippen molar-refractivity contribution >= 4 is 28.0 Å². The normalized spacial score (nSPS) is 11.2. The van der Waals surface area contributed by atoms with E-state index >= 15 is 0 Å². The van der Waals surface area contributed by atoms with Crippen molar-refractivity contribution in [3.8, 4) is 0 Å². The summed E-state index contributed by atoms with van der Waals surface area (Å²) in [7, 11) is 0. The fourth-order valence-corrected chi connectivity index (χ4v) is 2.82. The van der Waals surface area contributed by atoms with Gasteiger partial charge >= 0.3 is 0 Å². The Morgan fingerprint density at radius 2 is 1.89 bits per heavy atom. The zero-order chi connectivity index (χ0) is 12.7. The molecule has 0 aliphatic heterocycles. The zero-order valence-electron chi connectivity index (χ0n) is 10.6. The van der Waals surface area contributed by atoms with Crippen molar-refractivity contribution in [3.05, 3.63) is 47.7 Å². The highest BCUT2D eigenvalue weighted by atomic mass is 16.1. The maximum Gasteiger partial charge on any atom is 0.152 e. The molecule has 3 rings (SSSR count). The average molecular weight is 237 g/mol. The first-order chi connectivity index (χ1) is 8.77. The molecular formula is C16H15NO. The molecule has 1 heterocycles. The molecular weight excluding hydrogens is 222 g/mol. The van der Waals surface area contributed by atoms with Gasteiger partial charge in [0.05, 0.1) is 5.52 Å². The number of hydrogen-bond donors (Lipinski definition) is 0. The van der Waals surface area contributed by atoms with Gasteiger partial charge in [-0.2, -0.15) is 0 Å². The average Bonchev–Trinajstić information content (AvgIpc) is 2.70. The van der Waals surface area contributed by atoms with E-state index in [1.54, 1.807) is 0 Å². The highest BCUT2D eigenvalue weighted by Gasteiger charge is 2.14. The second-order valence-electron chi connectivity index (χ2n) is 4.54. The van der Waals surface area contributed by atoms with Crippen molar-refractivity contribution in [2.75, 3.05) is 0 Å².